The number of fused-ring (bicyclic) bond motifs is 2. The summed E-state index contributed by atoms with van der Waals surface area (Å²) >= 11 is 0. The van der Waals surface area contributed by atoms with Crippen molar-refractivity contribution >= 4 is 21.8 Å². The number of rotatable bonds is 1. The Morgan fingerprint density at radius 3 is 2.60 bits per heavy atom. The van der Waals surface area contributed by atoms with E-state index in [0.29, 0.717) is 6.54 Å². The Bertz CT molecular complexity index is 572. The molecule has 3 rings (SSSR count). The van der Waals surface area contributed by atoms with E-state index in [0.717, 1.165) is 16.9 Å². The number of quaternary nitrogens is 1. The molecule has 2 aromatic carbocycles. The monoisotopic (exact) mass is 198 g/mol. The molecule has 4 N–H and O–H groups in total. The van der Waals surface area contributed by atoms with Gasteiger partial charge in [0.05, 0.1) is 11.0 Å². The molecule has 0 unspecified atom stereocenters. The first kappa shape index (κ1) is 8.44. The number of hydrogen-bond acceptors (Lipinski definition) is 1. The predicted octanol–water partition coefficient (Wildman–Crippen LogP) is 1.46. The van der Waals surface area contributed by atoms with Gasteiger partial charge in [0.2, 0.25) is 0 Å². The second-order valence-corrected chi connectivity index (χ2v) is 3.65. The summed E-state index contributed by atoms with van der Waals surface area (Å²) in [4.78, 5) is 7.73. The summed E-state index contributed by atoms with van der Waals surface area (Å²) in [6.07, 6.45) is 0. The first-order valence-corrected chi connectivity index (χ1v) is 5.03. The summed E-state index contributed by atoms with van der Waals surface area (Å²) in [5.41, 5.74) is 5.94. The summed E-state index contributed by atoms with van der Waals surface area (Å²) in [5, 5.41) is 2.47. The van der Waals surface area contributed by atoms with Crippen molar-refractivity contribution in [3.05, 3.63) is 42.2 Å². The molecule has 0 saturated carbocycles. The molecule has 0 saturated heterocycles. The van der Waals surface area contributed by atoms with Crippen molar-refractivity contribution in [2.24, 2.45) is 0 Å². The fraction of sp³-hybridized carbons (Fsp3) is 0.0833. The van der Waals surface area contributed by atoms with Crippen LogP contribution in [0.25, 0.3) is 21.8 Å². The Morgan fingerprint density at radius 2 is 1.87 bits per heavy atom. The van der Waals surface area contributed by atoms with Gasteiger partial charge in [-0.2, -0.15) is 0 Å². The van der Waals surface area contributed by atoms with Crippen molar-refractivity contribution in [1.29, 1.82) is 0 Å². The zero-order chi connectivity index (χ0) is 10.3. The Kier molecular flexibility index (Phi) is 1.73. The van der Waals surface area contributed by atoms with Crippen molar-refractivity contribution in [2.75, 3.05) is 0 Å². The normalized spacial score (nSPS) is 11.3. The van der Waals surface area contributed by atoms with Crippen LogP contribution in [0.2, 0.25) is 0 Å². The molecule has 74 valence electrons. The first-order valence-electron chi connectivity index (χ1n) is 5.03. The zero-order valence-electron chi connectivity index (χ0n) is 8.33. The van der Waals surface area contributed by atoms with E-state index in [2.05, 4.69) is 40.0 Å². The van der Waals surface area contributed by atoms with Gasteiger partial charge < -0.3 is 10.7 Å². The van der Waals surface area contributed by atoms with Gasteiger partial charge in [-0.25, -0.2) is 4.98 Å². The summed E-state index contributed by atoms with van der Waals surface area (Å²) in [5.74, 6) is 0.945. The third-order valence-electron chi connectivity index (χ3n) is 2.64. The Hall–Kier alpha value is -1.87. The van der Waals surface area contributed by atoms with Gasteiger partial charge in [-0.1, -0.05) is 24.3 Å². The lowest BCUT2D eigenvalue weighted by Gasteiger charge is -1.95. The zero-order valence-corrected chi connectivity index (χ0v) is 8.33. The third kappa shape index (κ3) is 1.28. The number of imidazole rings is 1. The number of benzene rings is 2. The number of aromatic nitrogens is 2. The highest BCUT2D eigenvalue weighted by Gasteiger charge is 2.03. The van der Waals surface area contributed by atoms with Crippen LogP contribution in [0.3, 0.4) is 0 Å². The largest absolute Gasteiger partial charge is 0.351 e. The minimum Gasteiger partial charge on any atom is -0.351 e. The van der Waals surface area contributed by atoms with E-state index in [1.165, 1.54) is 10.8 Å². The molecule has 1 aromatic heterocycles. The molecule has 0 amide bonds. The fourth-order valence-corrected chi connectivity index (χ4v) is 1.87. The third-order valence-corrected chi connectivity index (χ3v) is 2.64. The van der Waals surface area contributed by atoms with Gasteiger partial charge in [0.25, 0.3) is 0 Å². The Labute approximate surface area is 86.9 Å². The van der Waals surface area contributed by atoms with Crippen molar-refractivity contribution in [3.63, 3.8) is 0 Å². The van der Waals surface area contributed by atoms with Crippen LogP contribution >= 0.6 is 0 Å². The van der Waals surface area contributed by atoms with Crippen molar-refractivity contribution in [3.8, 4) is 0 Å². The lowest BCUT2D eigenvalue weighted by molar-refractivity contribution is -0.388. The molecule has 3 aromatic rings. The molecule has 0 bridgehead atoms. The molecule has 3 nitrogen and oxygen atoms in total. The molecule has 0 spiro atoms. The number of hydrogen-bond donors (Lipinski definition) is 2. The topological polar surface area (TPSA) is 56.3 Å². The van der Waals surface area contributed by atoms with Crippen LogP contribution in [-0.4, -0.2) is 9.97 Å². The summed E-state index contributed by atoms with van der Waals surface area (Å²) < 4.78 is 0. The molecule has 0 aliphatic rings. The van der Waals surface area contributed by atoms with Gasteiger partial charge in [0, 0.05) is 0 Å². The van der Waals surface area contributed by atoms with Gasteiger partial charge >= 0.3 is 0 Å². The van der Waals surface area contributed by atoms with Crippen LogP contribution in [0.1, 0.15) is 5.82 Å². The van der Waals surface area contributed by atoms with Crippen molar-refractivity contribution in [1.82, 2.24) is 9.97 Å². The van der Waals surface area contributed by atoms with Crippen LogP contribution in [0.15, 0.2) is 36.4 Å². The van der Waals surface area contributed by atoms with Crippen molar-refractivity contribution in [2.45, 2.75) is 6.54 Å². The number of nitrogens with one attached hydrogen (secondary N) is 1. The van der Waals surface area contributed by atoms with Crippen LogP contribution in [0, 0.1) is 0 Å². The summed E-state index contributed by atoms with van der Waals surface area (Å²) in [7, 11) is 0. The van der Waals surface area contributed by atoms with E-state index in [1.807, 2.05) is 12.1 Å². The molecule has 0 atom stereocenters. The maximum atomic E-state index is 4.46. The van der Waals surface area contributed by atoms with Crippen molar-refractivity contribution < 1.29 is 5.73 Å². The van der Waals surface area contributed by atoms with E-state index >= 15 is 0 Å². The van der Waals surface area contributed by atoms with Crippen LogP contribution < -0.4 is 5.73 Å². The number of nitrogens with zero attached hydrogens (tertiary/aromatic N) is 1. The molecule has 0 aliphatic carbocycles. The lowest BCUT2D eigenvalue weighted by Crippen LogP contribution is -2.47. The highest BCUT2D eigenvalue weighted by atomic mass is 14.9. The average Bonchev–Trinajstić information content (AvgIpc) is 2.67. The van der Waals surface area contributed by atoms with E-state index in [-0.39, 0.29) is 0 Å². The minimum absolute atomic E-state index is 0.699. The predicted molar refractivity (Wildman–Crippen MR) is 60.2 cm³/mol. The lowest BCUT2D eigenvalue weighted by atomic mass is 10.1. The van der Waals surface area contributed by atoms with Crippen LogP contribution in [0.5, 0.6) is 0 Å². The molecule has 1 heterocycles. The highest BCUT2D eigenvalue weighted by Crippen LogP contribution is 2.20. The smallest absolute Gasteiger partial charge is 0.162 e. The van der Waals surface area contributed by atoms with Crippen LogP contribution in [-0.2, 0) is 6.54 Å². The molecule has 0 radical (unpaired) electrons. The van der Waals surface area contributed by atoms with E-state index in [4.69, 9.17) is 0 Å². The second kappa shape index (κ2) is 3.07. The number of H-pyrrole nitrogens is 1. The van der Waals surface area contributed by atoms with Gasteiger partial charge in [-0.05, 0) is 22.9 Å². The molecule has 15 heavy (non-hydrogen) atoms. The van der Waals surface area contributed by atoms with Gasteiger partial charge in [-0.15, -0.1) is 0 Å². The quantitative estimate of drug-likeness (QED) is 0.611. The van der Waals surface area contributed by atoms with Crippen LogP contribution in [0.4, 0.5) is 0 Å². The van der Waals surface area contributed by atoms with E-state index < -0.39 is 0 Å². The SMILES string of the molecule is [NH3+]Cc1nc2cc3ccccc3cc2[nH]1. The van der Waals surface area contributed by atoms with Gasteiger partial charge in [0.15, 0.2) is 5.82 Å². The second-order valence-electron chi connectivity index (χ2n) is 3.65. The maximum Gasteiger partial charge on any atom is 0.162 e. The molecule has 0 aliphatic heterocycles. The molecular weight excluding hydrogens is 186 g/mol. The standard InChI is InChI=1S/C12H11N3/c13-7-12-14-10-5-8-3-1-2-4-9(8)6-11(10)15-12/h1-6H,7,13H2,(H,14,15)/p+1. The average molecular weight is 198 g/mol. The first-order chi connectivity index (χ1) is 7.36. The molecule has 0 fully saturated rings. The number of aromatic amines is 1. The van der Waals surface area contributed by atoms with Gasteiger partial charge in [-0.3, -0.25) is 0 Å². The minimum atomic E-state index is 0.699. The molecular formula is C12H12N3+. The highest BCUT2D eigenvalue weighted by molar-refractivity contribution is 5.95. The maximum absolute atomic E-state index is 4.46. The summed E-state index contributed by atoms with van der Waals surface area (Å²) in [6.45, 7) is 0.699. The van der Waals surface area contributed by atoms with Gasteiger partial charge in [0.1, 0.15) is 6.54 Å². The Morgan fingerprint density at radius 1 is 1.13 bits per heavy atom. The Balaban J connectivity index is 2.39. The summed E-state index contributed by atoms with van der Waals surface area (Å²) in [6, 6.07) is 12.6. The van der Waals surface area contributed by atoms with E-state index in [9.17, 15) is 0 Å². The molecule has 3 heteroatoms. The van der Waals surface area contributed by atoms with E-state index in [1.54, 1.807) is 0 Å². The fourth-order valence-electron chi connectivity index (χ4n) is 1.87.